The van der Waals surface area contributed by atoms with Crippen LogP contribution in [0, 0.1) is 5.92 Å². The van der Waals surface area contributed by atoms with Crippen molar-refractivity contribution in [3.63, 3.8) is 0 Å². The largest absolute Gasteiger partial charge is 0.481 e. The maximum Gasteiger partial charge on any atom is 0.306 e. The molecule has 1 saturated carbocycles. The number of aliphatic hydroxyl groups is 1. The Kier molecular flexibility index (Phi) is 5.40. The van der Waals surface area contributed by atoms with Gasteiger partial charge in [0, 0.05) is 12.6 Å². The lowest BCUT2D eigenvalue weighted by atomic mass is 9.85. The second-order valence-electron chi connectivity index (χ2n) is 5.21. The second-order valence-corrected chi connectivity index (χ2v) is 5.21. The molecule has 0 radical (unpaired) electrons. The molecule has 0 aliphatic heterocycles. The van der Waals surface area contributed by atoms with E-state index in [1.54, 1.807) is 0 Å². The van der Waals surface area contributed by atoms with Gasteiger partial charge in [0.1, 0.15) is 0 Å². The van der Waals surface area contributed by atoms with Crippen LogP contribution >= 0.6 is 0 Å². The Morgan fingerprint density at radius 2 is 2.00 bits per heavy atom. The molecule has 2 atom stereocenters. The summed E-state index contributed by atoms with van der Waals surface area (Å²) in [6.45, 7) is 4.52. The Morgan fingerprint density at radius 3 is 2.53 bits per heavy atom. The van der Waals surface area contributed by atoms with Crippen LogP contribution in [0.4, 0.5) is 0 Å². The zero-order valence-corrected chi connectivity index (χ0v) is 10.9. The molecule has 0 amide bonds. The Labute approximate surface area is 103 Å². The van der Waals surface area contributed by atoms with Gasteiger partial charge in [0.05, 0.1) is 11.5 Å². The van der Waals surface area contributed by atoms with Gasteiger partial charge >= 0.3 is 5.97 Å². The lowest BCUT2D eigenvalue weighted by Crippen LogP contribution is -2.45. The number of carboxylic acid groups (broad SMARTS) is 1. The van der Waals surface area contributed by atoms with Crippen LogP contribution in [0.25, 0.3) is 0 Å². The summed E-state index contributed by atoms with van der Waals surface area (Å²) in [5.41, 5.74) is -0.643. The molecule has 2 unspecified atom stereocenters. The van der Waals surface area contributed by atoms with Crippen LogP contribution in [0.1, 0.15) is 52.4 Å². The van der Waals surface area contributed by atoms with E-state index in [2.05, 4.69) is 5.32 Å². The molecule has 4 heteroatoms. The van der Waals surface area contributed by atoms with E-state index >= 15 is 0 Å². The third-order valence-corrected chi connectivity index (χ3v) is 4.06. The van der Waals surface area contributed by atoms with Crippen LogP contribution in [0.15, 0.2) is 0 Å². The highest BCUT2D eigenvalue weighted by atomic mass is 16.4. The van der Waals surface area contributed by atoms with E-state index in [-0.39, 0.29) is 12.0 Å². The summed E-state index contributed by atoms with van der Waals surface area (Å²) in [4.78, 5) is 10.9. The Hall–Kier alpha value is -0.610. The van der Waals surface area contributed by atoms with Gasteiger partial charge in [-0.05, 0) is 32.1 Å². The van der Waals surface area contributed by atoms with Crippen molar-refractivity contribution in [2.75, 3.05) is 6.54 Å². The van der Waals surface area contributed by atoms with Gasteiger partial charge in [-0.2, -0.15) is 0 Å². The first-order valence-corrected chi connectivity index (χ1v) is 6.69. The van der Waals surface area contributed by atoms with Crippen molar-refractivity contribution in [1.82, 2.24) is 5.32 Å². The summed E-state index contributed by atoms with van der Waals surface area (Å²) in [5, 5.41) is 22.5. The molecule has 1 aliphatic rings. The van der Waals surface area contributed by atoms with Crippen molar-refractivity contribution in [2.45, 2.75) is 64.0 Å². The normalized spacial score (nSPS) is 25.8. The van der Waals surface area contributed by atoms with Crippen LogP contribution in [0.2, 0.25) is 0 Å². The molecule has 0 saturated heterocycles. The number of aliphatic carboxylic acids is 1. The van der Waals surface area contributed by atoms with Gasteiger partial charge in [0.25, 0.3) is 0 Å². The average molecular weight is 243 g/mol. The van der Waals surface area contributed by atoms with Gasteiger partial charge in [-0.1, -0.05) is 20.3 Å². The van der Waals surface area contributed by atoms with Gasteiger partial charge in [-0.15, -0.1) is 0 Å². The SMILES string of the molecule is CCC(O)(CC)CNC1CCCC(C(=O)O)C1. The minimum absolute atomic E-state index is 0.211. The molecule has 1 fully saturated rings. The zero-order valence-electron chi connectivity index (χ0n) is 10.9. The minimum atomic E-state index is -0.683. The fourth-order valence-electron chi connectivity index (χ4n) is 2.43. The standard InChI is InChI=1S/C13H25NO3/c1-3-13(17,4-2)9-14-11-7-5-6-10(8-11)12(15)16/h10-11,14,17H,3-9H2,1-2H3,(H,15,16). The molecule has 0 heterocycles. The molecule has 4 nitrogen and oxygen atoms in total. The van der Waals surface area contributed by atoms with E-state index in [1.165, 1.54) is 0 Å². The van der Waals surface area contributed by atoms with Crippen molar-refractivity contribution >= 4 is 5.97 Å². The van der Waals surface area contributed by atoms with E-state index in [1.807, 2.05) is 13.8 Å². The Balaban J connectivity index is 2.39. The zero-order chi connectivity index (χ0) is 12.9. The minimum Gasteiger partial charge on any atom is -0.481 e. The molecule has 100 valence electrons. The number of carboxylic acids is 1. The Bertz CT molecular complexity index is 251. The van der Waals surface area contributed by atoms with Crippen molar-refractivity contribution in [3.8, 4) is 0 Å². The molecule has 0 spiro atoms. The van der Waals surface area contributed by atoms with E-state index in [9.17, 15) is 9.90 Å². The van der Waals surface area contributed by atoms with Crippen molar-refractivity contribution in [2.24, 2.45) is 5.92 Å². The molecule has 3 N–H and O–H groups in total. The van der Waals surface area contributed by atoms with Gasteiger partial charge in [0.2, 0.25) is 0 Å². The molecular formula is C13H25NO3. The smallest absolute Gasteiger partial charge is 0.306 e. The molecule has 0 aromatic carbocycles. The third-order valence-electron chi connectivity index (χ3n) is 4.06. The van der Waals surface area contributed by atoms with Gasteiger partial charge < -0.3 is 15.5 Å². The van der Waals surface area contributed by atoms with Crippen molar-refractivity contribution < 1.29 is 15.0 Å². The van der Waals surface area contributed by atoms with E-state index in [0.29, 0.717) is 13.0 Å². The predicted molar refractivity (Wildman–Crippen MR) is 66.9 cm³/mol. The van der Waals surface area contributed by atoms with Gasteiger partial charge in [-0.3, -0.25) is 4.79 Å². The molecule has 1 rings (SSSR count). The summed E-state index contributed by atoms with van der Waals surface area (Å²) in [6, 6.07) is 0.245. The van der Waals surface area contributed by atoms with Crippen LogP contribution < -0.4 is 5.32 Å². The highest BCUT2D eigenvalue weighted by molar-refractivity contribution is 5.70. The lowest BCUT2D eigenvalue weighted by molar-refractivity contribution is -0.143. The lowest BCUT2D eigenvalue weighted by Gasteiger charge is -2.32. The quantitative estimate of drug-likeness (QED) is 0.665. The molecule has 1 aliphatic carbocycles. The van der Waals surface area contributed by atoms with E-state index < -0.39 is 11.6 Å². The molecule has 0 aromatic rings. The first-order chi connectivity index (χ1) is 8.00. The second kappa shape index (κ2) is 6.36. The topological polar surface area (TPSA) is 69.6 Å². The number of rotatable bonds is 6. The Morgan fingerprint density at radius 1 is 1.35 bits per heavy atom. The molecule has 0 bridgehead atoms. The number of carbonyl (C=O) groups is 1. The van der Waals surface area contributed by atoms with Crippen LogP contribution in [0.5, 0.6) is 0 Å². The summed E-state index contributed by atoms with van der Waals surface area (Å²) < 4.78 is 0. The molecule has 0 aromatic heterocycles. The van der Waals surface area contributed by atoms with E-state index in [0.717, 1.165) is 32.1 Å². The number of hydrogen-bond donors (Lipinski definition) is 3. The maximum absolute atomic E-state index is 10.9. The highest BCUT2D eigenvalue weighted by Gasteiger charge is 2.29. The summed E-state index contributed by atoms with van der Waals surface area (Å²) in [7, 11) is 0. The van der Waals surface area contributed by atoms with Crippen LogP contribution in [-0.2, 0) is 4.79 Å². The first-order valence-electron chi connectivity index (χ1n) is 6.69. The fourth-order valence-corrected chi connectivity index (χ4v) is 2.43. The van der Waals surface area contributed by atoms with Crippen molar-refractivity contribution in [1.29, 1.82) is 0 Å². The molecule has 17 heavy (non-hydrogen) atoms. The summed E-state index contributed by atoms with van der Waals surface area (Å²) in [5.74, 6) is -0.893. The fraction of sp³-hybridized carbons (Fsp3) is 0.923. The monoisotopic (exact) mass is 243 g/mol. The summed E-state index contributed by atoms with van der Waals surface area (Å²) >= 11 is 0. The van der Waals surface area contributed by atoms with Crippen molar-refractivity contribution in [3.05, 3.63) is 0 Å². The predicted octanol–water partition coefficient (Wildman–Crippen LogP) is 1.77. The average Bonchev–Trinajstić information content (AvgIpc) is 2.36. The van der Waals surface area contributed by atoms with E-state index in [4.69, 9.17) is 5.11 Å². The van der Waals surface area contributed by atoms with Crippen LogP contribution in [-0.4, -0.2) is 34.4 Å². The number of hydrogen-bond acceptors (Lipinski definition) is 3. The molecular weight excluding hydrogens is 218 g/mol. The van der Waals surface area contributed by atoms with Gasteiger partial charge in [-0.25, -0.2) is 0 Å². The van der Waals surface area contributed by atoms with Crippen LogP contribution in [0.3, 0.4) is 0 Å². The highest BCUT2D eigenvalue weighted by Crippen LogP contribution is 2.25. The third kappa shape index (κ3) is 4.28. The first kappa shape index (κ1) is 14.5. The summed E-state index contributed by atoms with van der Waals surface area (Å²) in [6.07, 6.45) is 4.92. The number of nitrogens with one attached hydrogen (secondary N) is 1. The van der Waals surface area contributed by atoms with Gasteiger partial charge in [0.15, 0.2) is 0 Å². The maximum atomic E-state index is 10.9.